The Morgan fingerprint density at radius 3 is 2.11 bits per heavy atom. The first kappa shape index (κ1) is 24.5. The molecular formula is C23H28N6O5S. The maximum atomic E-state index is 12.9. The molecule has 1 saturated heterocycles. The van der Waals surface area contributed by atoms with E-state index in [9.17, 15) is 13.2 Å². The lowest BCUT2D eigenvalue weighted by atomic mass is 9.97. The number of hydrogen-bond donors (Lipinski definition) is 3. The van der Waals surface area contributed by atoms with Crippen LogP contribution in [0.5, 0.6) is 11.5 Å². The fraction of sp³-hybridized carbons (Fsp3) is 0.348. The van der Waals surface area contributed by atoms with Gasteiger partial charge in [-0.3, -0.25) is 4.79 Å². The Morgan fingerprint density at radius 2 is 1.54 bits per heavy atom. The summed E-state index contributed by atoms with van der Waals surface area (Å²) in [4.78, 5) is 23.7. The standard InChI is InChI=1S/C23H28N6O5S/c1-29-10-8-15(9-11-29)23(30)28-35(31,32)27-22-21(25-19-6-4-5-7-20(19)26-22)24-16-12-17(33-2)14-18(13-16)34-3/h4-7,12-15H,8-11H2,1-3H3,(H,24,25)(H,26,27)(H,28,30). The molecule has 0 bridgehead atoms. The van der Waals surface area contributed by atoms with Crippen LogP contribution in [0.15, 0.2) is 42.5 Å². The summed E-state index contributed by atoms with van der Waals surface area (Å²) in [5.41, 5.74) is 1.59. The zero-order valence-electron chi connectivity index (χ0n) is 19.7. The van der Waals surface area contributed by atoms with Crippen LogP contribution in [0, 0.1) is 5.92 Å². The number of nitrogens with one attached hydrogen (secondary N) is 3. The van der Waals surface area contributed by atoms with Crippen LogP contribution in [0.3, 0.4) is 0 Å². The fourth-order valence-corrected chi connectivity index (χ4v) is 4.69. The summed E-state index contributed by atoms with van der Waals surface area (Å²) in [6, 6.07) is 12.2. The lowest BCUT2D eigenvalue weighted by Crippen LogP contribution is -2.43. The molecule has 186 valence electrons. The molecule has 3 aromatic rings. The molecule has 0 atom stereocenters. The average molecular weight is 501 g/mol. The number of piperidine rings is 1. The van der Waals surface area contributed by atoms with Crippen LogP contribution in [0.25, 0.3) is 11.0 Å². The van der Waals surface area contributed by atoms with Gasteiger partial charge in [0, 0.05) is 29.8 Å². The predicted octanol–water partition coefficient (Wildman–Crippen LogP) is 2.51. The second-order valence-corrected chi connectivity index (χ2v) is 9.70. The number of carbonyl (C=O) groups is 1. The van der Waals surface area contributed by atoms with E-state index in [0.717, 1.165) is 13.1 Å². The van der Waals surface area contributed by atoms with E-state index >= 15 is 0 Å². The van der Waals surface area contributed by atoms with Gasteiger partial charge in [-0.05, 0) is 45.1 Å². The quantitative estimate of drug-likeness (QED) is 0.426. The van der Waals surface area contributed by atoms with Crippen molar-refractivity contribution in [2.24, 2.45) is 5.92 Å². The summed E-state index contributed by atoms with van der Waals surface area (Å²) in [6.07, 6.45) is 1.19. The van der Waals surface area contributed by atoms with E-state index in [-0.39, 0.29) is 17.6 Å². The van der Waals surface area contributed by atoms with Gasteiger partial charge in [-0.25, -0.2) is 19.4 Å². The van der Waals surface area contributed by atoms with Gasteiger partial charge < -0.3 is 19.7 Å². The third-order valence-electron chi connectivity index (χ3n) is 5.74. The first-order valence-corrected chi connectivity index (χ1v) is 12.5. The molecule has 1 aliphatic rings. The van der Waals surface area contributed by atoms with Crippen molar-refractivity contribution in [1.29, 1.82) is 0 Å². The van der Waals surface area contributed by atoms with E-state index in [1.165, 1.54) is 14.2 Å². The van der Waals surface area contributed by atoms with Crippen LogP contribution in [-0.2, 0) is 15.0 Å². The molecule has 0 aliphatic carbocycles. The van der Waals surface area contributed by atoms with E-state index in [1.807, 2.05) is 7.05 Å². The van der Waals surface area contributed by atoms with Crippen molar-refractivity contribution in [2.75, 3.05) is 44.4 Å². The van der Waals surface area contributed by atoms with E-state index in [4.69, 9.17) is 9.47 Å². The number of aromatic nitrogens is 2. The van der Waals surface area contributed by atoms with E-state index in [0.29, 0.717) is 41.1 Å². The molecule has 0 radical (unpaired) electrons. The summed E-state index contributed by atoms with van der Waals surface area (Å²) in [7, 11) is 0.766. The SMILES string of the molecule is COc1cc(Nc2nc3ccccc3nc2NS(=O)(=O)NC(=O)C2CCN(C)CC2)cc(OC)c1. The Kier molecular flexibility index (Phi) is 7.22. The number of ether oxygens (including phenoxy) is 2. The zero-order valence-corrected chi connectivity index (χ0v) is 20.6. The summed E-state index contributed by atoms with van der Waals surface area (Å²) >= 11 is 0. The highest BCUT2D eigenvalue weighted by atomic mass is 32.2. The number of likely N-dealkylation sites (tertiary alicyclic amines) is 1. The van der Waals surface area contributed by atoms with Crippen molar-refractivity contribution in [3.63, 3.8) is 0 Å². The molecule has 0 unspecified atom stereocenters. The number of fused-ring (bicyclic) bond motifs is 1. The first-order chi connectivity index (χ1) is 16.8. The molecular weight excluding hydrogens is 472 g/mol. The molecule has 35 heavy (non-hydrogen) atoms. The van der Waals surface area contributed by atoms with Crippen molar-refractivity contribution >= 4 is 44.5 Å². The van der Waals surface area contributed by atoms with E-state index in [1.54, 1.807) is 42.5 Å². The van der Waals surface area contributed by atoms with Crippen LogP contribution < -0.4 is 24.2 Å². The molecule has 0 spiro atoms. The van der Waals surface area contributed by atoms with Crippen LogP contribution >= 0.6 is 0 Å². The zero-order chi connectivity index (χ0) is 25.0. The minimum atomic E-state index is -4.26. The molecule has 0 saturated carbocycles. The van der Waals surface area contributed by atoms with Gasteiger partial charge in [-0.1, -0.05) is 12.1 Å². The van der Waals surface area contributed by atoms with E-state index in [2.05, 4.69) is 29.6 Å². The molecule has 1 aromatic heterocycles. The lowest BCUT2D eigenvalue weighted by Gasteiger charge is -2.27. The third kappa shape index (κ3) is 6.08. The molecule has 11 nitrogen and oxygen atoms in total. The monoisotopic (exact) mass is 500 g/mol. The minimum absolute atomic E-state index is 0.0610. The van der Waals surface area contributed by atoms with Crippen molar-refractivity contribution in [1.82, 2.24) is 19.6 Å². The maximum Gasteiger partial charge on any atom is 0.324 e. The van der Waals surface area contributed by atoms with Crippen molar-refractivity contribution in [3.05, 3.63) is 42.5 Å². The topological polar surface area (TPSA) is 135 Å². The second kappa shape index (κ2) is 10.3. The van der Waals surface area contributed by atoms with Crippen molar-refractivity contribution < 1.29 is 22.7 Å². The minimum Gasteiger partial charge on any atom is -0.497 e. The summed E-state index contributed by atoms with van der Waals surface area (Å²) in [5, 5.41) is 3.08. The number of methoxy groups -OCH3 is 2. The van der Waals surface area contributed by atoms with Crippen LogP contribution in [0.4, 0.5) is 17.3 Å². The van der Waals surface area contributed by atoms with Gasteiger partial charge in [0.1, 0.15) is 11.5 Å². The van der Waals surface area contributed by atoms with Crippen molar-refractivity contribution in [3.8, 4) is 11.5 Å². The molecule has 3 N–H and O–H groups in total. The predicted molar refractivity (Wildman–Crippen MR) is 133 cm³/mol. The Labute approximate surface area is 204 Å². The van der Waals surface area contributed by atoms with Gasteiger partial charge >= 0.3 is 10.2 Å². The lowest BCUT2D eigenvalue weighted by molar-refractivity contribution is -0.124. The number of carbonyl (C=O) groups excluding carboxylic acids is 1. The van der Waals surface area contributed by atoms with E-state index < -0.39 is 16.1 Å². The van der Waals surface area contributed by atoms with Crippen molar-refractivity contribution in [2.45, 2.75) is 12.8 Å². The molecule has 1 amide bonds. The molecule has 1 fully saturated rings. The van der Waals surface area contributed by atoms with Crippen LogP contribution in [-0.4, -0.2) is 63.5 Å². The van der Waals surface area contributed by atoms with Crippen LogP contribution in [0.1, 0.15) is 12.8 Å². The second-order valence-electron chi connectivity index (χ2n) is 8.29. The highest BCUT2D eigenvalue weighted by Gasteiger charge is 2.27. The largest absolute Gasteiger partial charge is 0.497 e. The number of amides is 1. The van der Waals surface area contributed by atoms with Crippen LogP contribution in [0.2, 0.25) is 0 Å². The number of nitrogens with zero attached hydrogens (tertiary/aromatic N) is 3. The number of hydrogen-bond acceptors (Lipinski definition) is 9. The Bertz CT molecular complexity index is 1300. The summed E-state index contributed by atoms with van der Waals surface area (Å²) in [6.45, 7) is 1.47. The normalized spacial score (nSPS) is 14.9. The first-order valence-electron chi connectivity index (χ1n) is 11.1. The van der Waals surface area contributed by atoms with Gasteiger partial charge in [0.15, 0.2) is 11.6 Å². The average Bonchev–Trinajstić information content (AvgIpc) is 2.84. The number of anilines is 3. The van der Waals surface area contributed by atoms with Gasteiger partial charge in [0.2, 0.25) is 5.91 Å². The summed E-state index contributed by atoms with van der Waals surface area (Å²) in [5.74, 6) is 0.255. The Balaban J connectivity index is 1.62. The van der Waals surface area contributed by atoms with Gasteiger partial charge in [0.05, 0.1) is 25.3 Å². The number of benzene rings is 2. The smallest absolute Gasteiger partial charge is 0.324 e. The molecule has 2 heterocycles. The molecule has 2 aromatic carbocycles. The van der Waals surface area contributed by atoms with Gasteiger partial charge in [-0.2, -0.15) is 8.42 Å². The third-order valence-corrected chi connectivity index (χ3v) is 6.67. The van der Waals surface area contributed by atoms with Gasteiger partial charge in [0.25, 0.3) is 0 Å². The number of rotatable bonds is 8. The Morgan fingerprint density at radius 1 is 0.971 bits per heavy atom. The molecule has 12 heteroatoms. The Hall–Kier alpha value is -3.64. The highest BCUT2D eigenvalue weighted by molar-refractivity contribution is 7.91. The number of para-hydroxylation sites is 2. The molecule has 4 rings (SSSR count). The fourth-order valence-electron chi connectivity index (χ4n) is 3.81. The molecule has 1 aliphatic heterocycles. The van der Waals surface area contributed by atoms with Gasteiger partial charge in [-0.15, -0.1) is 0 Å². The summed E-state index contributed by atoms with van der Waals surface area (Å²) < 4.78 is 40.9. The highest BCUT2D eigenvalue weighted by Crippen LogP contribution is 2.31. The maximum absolute atomic E-state index is 12.9.